The molecule has 3 aromatic rings. The monoisotopic (exact) mass is 431 g/mol. The third-order valence-corrected chi connectivity index (χ3v) is 4.55. The van der Waals surface area contributed by atoms with E-state index in [0.29, 0.717) is 5.82 Å². The average molecular weight is 431 g/mol. The third kappa shape index (κ3) is 3.89. The summed E-state index contributed by atoms with van der Waals surface area (Å²) in [5, 5.41) is 6.70. The molecule has 154 valence electrons. The molecular formula is C18H15F2N7O2S. The molecule has 0 saturated carbocycles. The summed E-state index contributed by atoms with van der Waals surface area (Å²) >= 11 is 4.71. The van der Waals surface area contributed by atoms with Gasteiger partial charge in [0, 0.05) is 11.8 Å². The number of hydrogen-bond acceptors (Lipinski definition) is 6. The molecule has 30 heavy (non-hydrogen) atoms. The van der Waals surface area contributed by atoms with Crippen molar-refractivity contribution in [1.82, 2.24) is 25.1 Å². The lowest BCUT2D eigenvalue weighted by Gasteiger charge is -2.15. The summed E-state index contributed by atoms with van der Waals surface area (Å²) < 4.78 is 36.1. The Kier molecular flexibility index (Phi) is 5.23. The summed E-state index contributed by atoms with van der Waals surface area (Å²) in [4.78, 5) is 21.2. The fourth-order valence-corrected chi connectivity index (χ4v) is 3.12. The van der Waals surface area contributed by atoms with Gasteiger partial charge < -0.3 is 15.8 Å². The first kappa shape index (κ1) is 19.6. The Hall–Kier alpha value is -3.67. The van der Waals surface area contributed by atoms with Gasteiger partial charge in [-0.2, -0.15) is 5.10 Å². The van der Waals surface area contributed by atoms with Crippen molar-refractivity contribution < 1.29 is 18.3 Å². The Balaban J connectivity index is 1.57. The molecule has 9 nitrogen and oxygen atoms in total. The molecule has 0 bridgehead atoms. The van der Waals surface area contributed by atoms with Gasteiger partial charge in [-0.25, -0.2) is 28.2 Å². The quantitative estimate of drug-likeness (QED) is 0.588. The fourth-order valence-electron chi connectivity index (χ4n) is 3.04. The number of carbonyl (C=O) groups is 1. The Labute approximate surface area is 174 Å². The van der Waals surface area contributed by atoms with Crippen molar-refractivity contribution in [1.29, 1.82) is 0 Å². The second-order valence-electron chi connectivity index (χ2n) is 6.39. The lowest BCUT2D eigenvalue weighted by molar-refractivity contribution is 0.143. The van der Waals surface area contributed by atoms with E-state index in [1.165, 1.54) is 29.6 Å². The van der Waals surface area contributed by atoms with Crippen LogP contribution in [0.5, 0.6) is 0 Å². The Morgan fingerprint density at radius 1 is 1.33 bits per heavy atom. The zero-order chi connectivity index (χ0) is 21.3. The number of halogens is 2. The van der Waals surface area contributed by atoms with Gasteiger partial charge in [-0.15, -0.1) is 0 Å². The van der Waals surface area contributed by atoms with Crippen LogP contribution in [0.4, 0.5) is 19.3 Å². The van der Waals surface area contributed by atoms with E-state index in [-0.39, 0.29) is 35.0 Å². The van der Waals surface area contributed by atoms with Crippen LogP contribution in [0.25, 0.3) is 16.9 Å². The van der Waals surface area contributed by atoms with Crippen LogP contribution in [0.15, 0.2) is 43.1 Å². The Morgan fingerprint density at radius 2 is 2.10 bits per heavy atom. The number of aromatic nitrogens is 4. The summed E-state index contributed by atoms with van der Waals surface area (Å²) in [6, 6.07) is 5.24. The van der Waals surface area contributed by atoms with Crippen LogP contribution in [0.2, 0.25) is 0 Å². The molecule has 1 aromatic carbocycles. The molecule has 1 aliphatic heterocycles. The van der Waals surface area contributed by atoms with E-state index in [1.54, 1.807) is 6.07 Å². The summed E-state index contributed by atoms with van der Waals surface area (Å²) in [5.74, 6) is -1.22. The summed E-state index contributed by atoms with van der Waals surface area (Å²) in [6.07, 6.45) is 2.87. The standard InChI is InChI=1S/C18H15F2N7O2S/c19-13-3-11(26-7-12(29-18(26)28)6-24-17(21)30)4-14(20)16(13)10-1-2-15(23-5-10)27-9-22-8-25-27/h1-5,8-9,12H,6-7H2,(H3,21,24,30)/t12-/m0/s1. The van der Waals surface area contributed by atoms with Crippen LogP contribution >= 0.6 is 12.2 Å². The average Bonchev–Trinajstić information content (AvgIpc) is 3.36. The SMILES string of the molecule is NC(=S)NC[C@H]1CN(c2cc(F)c(-c3ccc(-n4cncn4)nc3)c(F)c2)C(=O)O1. The minimum absolute atomic E-state index is 0.0452. The number of nitrogens with one attached hydrogen (secondary N) is 1. The summed E-state index contributed by atoms with van der Waals surface area (Å²) in [7, 11) is 0. The lowest BCUT2D eigenvalue weighted by atomic mass is 10.1. The van der Waals surface area contributed by atoms with Gasteiger partial charge in [0.2, 0.25) is 0 Å². The maximum absolute atomic E-state index is 14.8. The maximum Gasteiger partial charge on any atom is 0.414 e. The zero-order valence-electron chi connectivity index (χ0n) is 15.3. The first-order valence-corrected chi connectivity index (χ1v) is 9.15. The van der Waals surface area contributed by atoms with Crippen molar-refractivity contribution >= 4 is 29.1 Å². The number of nitrogens with two attached hydrogens (primary N) is 1. The predicted molar refractivity (Wildman–Crippen MR) is 107 cm³/mol. The van der Waals surface area contributed by atoms with Crippen molar-refractivity contribution in [3.63, 3.8) is 0 Å². The minimum atomic E-state index is -0.835. The van der Waals surface area contributed by atoms with Gasteiger partial charge in [-0.3, -0.25) is 4.90 Å². The van der Waals surface area contributed by atoms with E-state index in [2.05, 4.69) is 20.4 Å². The summed E-state index contributed by atoms with van der Waals surface area (Å²) in [6.45, 7) is 0.297. The number of ether oxygens (including phenoxy) is 1. The molecule has 0 radical (unpaired) electrons. The van der Waals surface area contributed by atoms with E-state index in [0.717, 1.165) is 17.0 Å². The van der Waals surface area contributed by atoms with Crippen molar-refractivity contribution in [2.24, 2.45) is 5.73 Å². The van der Waals surface area contributed by atoms with Crippen LogP contribution in [0.3, 0.4) is 0 Å². The molecular weight excluding hydrogens is 416 g/mol. The number of benzene rings is 1. The zero-order valence-corrected chi connectivity index (χ0v) is 16.1. The third-order valence-electron chi connectivity index (χ3n) is 4.41. The molecule has 1 amide bonds. The summed E-state index contributed by atoms with van der Waals surface area (Å²) in [5.41, 5.74) is 5.38. The van der Waals surface area contributed by atoms with Crippen molar-refractivity contribution in [2.75, 3.05) is 18.0 Å². The minimum Gasteiger partial charge on any atom is -0.442 e. The lowest BCUT2D eigenvalue weighted by Crippen LogP contribution is -2.37. The molecule has 1 atom stereocenters. The highest BCUT2D eigenvalue weighted by molar-refractivity contribution is 7.80. The maximum atomic E-state index is 14.8. The fraction of sp³-hybridized carbons (Fsp3) is 0.167. The molecule has 1 saturated heterocycles. The number of carbonyl (C=O) groups excluding carboxylic acids is 1. The predicted octanol–water partition coefficient (Wildman–Crippen LogP) is 1.77. The Morgan fingerprint density at radius 3 is 2.70 bits per heavy atom. The number of cyclic esters (lactones) is 1. The number of amides is 1. The molecule has 0 unspecified atom stereocenters. The van der Waals surface area contributed by atoms with E-state index in [9.17, 15) is 13.6 Å². The van der Waals surface area contributed by atoms with Gasteiger partial charge in [0.1, 0.15) is 30.4 Å². The van der Waals surface area contributed by atoms with Gasteiger partial charge >= 0.3 is 6.09 Å². The van der Waals surface area contributed by atoms with Crippen LogP contribution in [-0.2, 0) is 4.74 Å². The normalized spacial score (nSPS) is 15.9. The van der Waals surface area contributed by atoms with Crippen LogP contribution in [-0.4, -0.2) is 50.1 Å². The second-order valence-corrected chi connectivity index (χ2v) is 6.83. The van der Waals surface area contributed by atoms with E-state index in [1.807, 2.05) is 0 Å². The second kappa shape index (κ2) is 7.99. The molecule has 2 aromatic heterocycles. The van der Waals surface area contributed by atoms with Gasteiger partial charge in [0.15, 0.2) is 10.9 Å². The molecule has 1 fully saturated rings. The smallest absolute Gasteiger partial charge is 0.414 e. The molecule has 12 heteroatoms. The molecule has 4 rings (SSSR count). The number of nitrogens with zero attached hydrogens (tertiary/aromatic N) is 5. The molecule has 3 heterocycles. The first-order valence-electron chi connectivity index (χ1n) is 8.74. The van der Waals surface area contributed by atoms with Crippen molar-refractivity contribution in [3.05, 3.63) is 54.8 Å². The Bertz CT molecular complexity index is 1070. The highest BCUT2D eigenvalue weighted by Crippen LogP contribution is 2.31. The van der Waals surface area contributed by atoms with Gasteiger partial charge in [-0.1, -0.05) is 0 Å². The van der Waals surface area contributed by atoms with Gasteiger partial charge in [-0.05, 0) is 36.5 Å². The van der Waals surface area contributed by atoms with E-state index >= 15 is 0 Å². The van der Waals surface area contributed by atoms with Crippen LogP contribution in [0, 0.1) is 11.6 Å². The van der Waals surface area contributed by atoms with E-state index in [4.69, 9.17) is 22.7 Å². The van der Waals surface area contributed by atoms with E-state index < -0.39 is 23.8 Å². The molecule has 3 N–H and O–H groups in total. The number of thiocarbonyl (C=S) groups is 1. The number of hydrogen-bond donors (Lipinski definition) is 2. The van der Waals surface area contributed by atoms with Crippen LogP contribution < -0.4 is 16.0 Å². The number of anilines is 1. The first-order chi connectivity index (χ1) is 14.4. The molecule has 0 spiro atoms. The van der Waals surface area contributed by atoms with Crippen molar-refractivity contribution in [3.8, 4) is 16.9 Å². The number of rotatable bonds is 5. The van der Waals surface area contributed by atoms with Crippen molar-refractivity contribution in [2.45, 2.75) is 6.10 Å². The van der Waals surface area contributed by atoms with Crippen LogP contribution in [0.1, 0.15) is 0 Å². The number of pyridine rings is 1. The largest absolute Gasteiger partial charge is 0.442 e. The molecule has 1 aliphatic rings. The highest BCUT2D eigenvalue weighted by Gasteiger charge is 2.33. The highest BCUT2D eigenvalue weighted by atomic mass is 32.1. The topological polar surface area (TPSA) is 111 Å². The van der Waals surface area contributed by atoms with Gasteiger partial charge in [0.25, 0.3) is 0 Å². The molecule has 0 aliphatic carbocycles. The van der Waals surface area contributed by atoms with Gasteiger partial charge in [0.05, 0.1) is 24.3 Å².